The molecule has 0 radical (unpaired) electrons. The lowest BCUT2D eigenvalue weighted by atomic mass is 10.3. The molecule has 0 spiro atoms. The first kappa shape index (κ1) is 13.1. The predicted octanol–water partition coefficient (Wildman–Crippen LogP) is 3.83. The van der Waals surface area contributed by atoms with Crippen LogP contribution in [-0.2, 0) is 0 Å². The molecule has 4 nitrogen and oxygen atoms in total. The summed E-state index contributed by atoms with van der Waals surface area (Å²) >= 11 is 7.89. The monoisotopic (exact) mass is 375 g/mol. The van der Waals surface area contributed by atoms with Crippen LogP contribution in [0.4, 0.5) is 0 Å². The first-order chi connectivity index (χ1) is 8.56. The normalized spacial score (nSPS) is 10.1. The van der Waals surface area contributed by atoms with E-state index >= 15 is 0 Å². The van der Waals surface area contributed by atoms with Gasteiger partial charge in [0, 0.05) is 3.57 Å². The number of aromatic nitrogens is 1. The van der Waals surface area contributed by atoms with Gasteiger partial charge < -0.3 is 9.84 Å². The molecule has 0 unspecified atom stereocenters. The third-order valence-corrected chi connectivity index (χ3v) is 3.01. The van der Waals surface area contributed by atoms with Crippen LogP contribution in [0.15, 0.2) is 36.4 Å². The van der Waals surface area contributed by atoms with Crippen molar-refractivity contribution in [1.29, 1.82) is 0 Å². The van der Waals surface area contributed by atoms with E-state index in [9.17, 15) is 4.79 Å². The highest BCUT2D eigenvalue weighted by Crippen LogP contribution is 2.25. The summed E-state index contributed by atoms with van der Waals surface area (Å²) in [5.74, 6) is -0.622. The molecule has 2 aromatic rings. The highest BCUT2D eigenvalue weighted by Gasteiger charge is 2.14. The second-order valence-electron chi connectivity index (χ2n) is 3.35. The molecule has 6 heteroatoms. The van der Waals surface area contributed by atoms with Gasteiger partial charge in [0.2, 0.25) is 5.88 Å². The minimum Gasteiger partial charge on any atom is -0.477 e. The number of hydrogen-bond acceptors (Lipinski definition) is 3. The largest absolute Gasteiger partial charge is 0.477 e. The zero-order chi connectivity index (χ0) is 13.1. The van der Waals surface area contributed by atoms with E-state index in [2.05, 4.69) is 27.6 Å². The molecule has 0 saturated carbocycles. The van der Waals surface area contributed by atoms with Crippen molar-refractivity contribution in [3.8, 4) is 11.6 Å². The van der Waals surface area contributed by atoms with Crippen LogP contribution in [0.5, 0.6) is 11.6 Å². The summed E-state index contributed by atoms with van der Waals surface area (Å²) in [6.45, 7) is 0. The maximum atomic E-state index is 11.0. The number of pyridine rings is 1. The van der Waals surface area contributed by atoms with E-state index < -0.39 is 5.97 Å². The Balaban J connectivity index is 2.35. The van der Waals surface area contributed by atoms with Gasteiger partial charge in [-0.2, -0.15) is 0 Å². The molecule has 0 atom stereocenters. The van der Waals surface area contributed by atoms with Crippen LogP contribution in [0.25, 0.3) is 0 Å². The Labute approximate surface area is 122 Å². The summed E-state index contributed by atoms with van der Waals surface area (Å²) < 4.78 is 6.48. The minimum absolute atomic E-state index is 0.0174. The quantitative estimate of drug-likeness (QED) is 0.654. The van der Waals surface area contributed by atoms with Crippen LogP contribution >= 0.6 is 34.2 Å². The molecular weight excluding hydrogens is 368 g/mol. The summed E-state index contributed by atoms with van der Waals surface area (Å²) in [4.78, 5) is 14.9. The second-order valence-corrected chi connectivity index (χ2v) is 4.98. The summed E-state index contributed by atoms with van der Waals surface area (Å²) in [7, 11) is 0. The fourth-order valence-corrected chi connectivity index (χ4v) is 1.77. The minimum atomic E-state index is -1.11. The van der Waals surface area contributed by atoms with Crippen LogP contribution in [0.3, 0.4) is 0 Å². The van der Waals surface area contributed by atoms with Crippen molar-refractivity contribution in [3.63, 3.8) is 0 Å². The number of aromatic carboxylic acids is 1. The first-order valence-corrected chi connectivity index (χ1v) is 6.35. The number of carboxylic acid groups (broad SMARTS) is 1. The first-order valence-electron chi connectivity index (χ1n) is 4.89. The van der Waals surface area contributed by atoms with E-state index in [1.54, 1.807) is 12.1 Å². The standard InChI is InChI=1S/C12H7ClINO3/c13-10-6-5-9(12(16)17)11(15-10)18-8-3-1-7(14)2-4-8/h1-6H,(H,16,17). The Hall–Kier alpha value is -1.34. The number of hydrogen-bond donors (Lipinski definition) is 1. The fourth-order valence-electron chi connectivity index (χ4n) is 1.27. The fraction of sp³-hybridized carbons (Fsp3) is 0. The van der Waals surface area contributed by atoms with Gasteiger partial charge in [-0.15, -0.1) is 0 Å². The topological polar surface area (TPSA) is 59.4 Å². The van der Waals surface area contributed by atoms with Gasteiger partial charge in [-0.05, 0) is 59.0 Å². The van der Waals surface area contributed by atoms with Gasteiger partial charge in [-0.1, -0.05) is 11.6 Å². The van der Waals surface area contributed by atoms with Crippen molar-refractivity contribution in [1.82, 2.24) is 4.98 Å². The third kappa shape index (κ3) is 3.11. The number of nitrogens with zero attached hydrogens (tertiary/aromatic N) is 1. The Bertz CT molecular complexity index is 586. The Morgan fingerprint density at radius 1 is 1.22 bits per heavy atom. The smallest absolute Gasteiger partial charge is 0.341 e. The molecule has 0 fully saturated rings. The van der Waals surface area contributed by atoms with Gasteiger partial charge in [0.15, 0.2) is 0 Å². The van der Waals surface area contributed by atoms with E-state index in [4.69, 9.17) is 21.4 Å². The van der Waals surface area contributed by atoms with Gasteiger partial charge in [0.25, 0.3) is 0 Å². The van der Waals surface area contributed by atoms with Gasteiger partial charge in [0.1, 0.15) is 16.5 Å². The molecule has 0 amide bonds. The highest BCUT2D eigenvalue weighted by atomic mass is 127. The number of halogens is 2. The lowest BCUT2D eigenvalue weighted by Gasteiger charge is -2.07. The maximum absolute atomic E-state index is 11.0. The van der Waals surface area contributed by atoms with Crippen LogP contribution in [0, 0.1) is 3.57 Å². The van der Waals surface area contributed by atoms with Crippen molar-refractivity contribution < 1.29 is 14.6 Å². The number of carboxylic acids is 1. The lowest BCUT2D eigenvalue weighted by Crippen LogP contribution is -2.02. The summed E-state index contributed by atoms with van der Waals surface area (Å²) in [6, 6.07) is 9.93. The van der Waals surface area contributed by atoms with Crippen molar-refractivity contribution in [2.75, 3.05) is 0 Å². The van der Waals surface area contributed by atoms with Gasteiger partial charge in [-0.3, -0.25) is 0 Å². The average molecular weight is 376 g/mol. The predicted molar refractivity (Wildman–Crippen MR) is 75.4 cm³/mol. The van der Waals surface area contributed by atoms with E-state index in [1.165, 1.54) is 12.1 Å². The molecule has 0 aliphatic heterocycles. The third-order valence-electron chi connectivity index (χ3n) is 2.08. The zero-order valence-electron chi connectivity index (χ0n) is 8.93. The molecule has 0 saturated heterocycles. The van der Waals surface area contributed by atoms with Crippen LogP contribution in [-0.4, -0.2) is 16.1 Å². The SMILES string of the molecule is O=C(O)c1ccc(Cl)nc1Oc1ccc(I)cc1. The summed E-state index contributed by atoms with van der Waals surface area (Å²) in [6.07, 6.45) is 0. The lowest BCUT2D eigenvalue weighted by molar-refractivity contribution is 0.0693. The molecular formula is C12H7ClINO3. The van der Waals surface area contributed by atoms with Crippen LogP contribution in [0.2, 0.25) is 5.15 Å². The summed E-state index contributed by atoms with van der Waals surface area (Å²) in [5.41, 5.74) is -0.0297. The zero-order valence-corrected chi connectivity index (χ0v) is 11.8. The molecule has 0 bridgehead atoms. The average Bonchev–Trinajstić information content (AvgIpc) is 2.32. The molecule has 0 aliphatic carbocycles. The van der Waals surface area contributed by atoms with Crippen molar-refractivity contribution in [3.05, 3.63) is 50.7 Å². The molecule has 1 N–H and O–H groups in total. The Morgan fingerprint density at radius 2 is 1.89 bits per heavy atom. The summed E-state index contributed by atoms with van der Waals surface area (Å²) in [5, 5.41) is 9.20. The Morgan fingerprint density at radius 3 is 2.50 bits per heavy atom. The van der Waals surface area contributed by atoms with Gasteiger partial charge in [0.05, 0.1) is 0 Å². The number of benzene rings is 1. The maximum Gasteiger partial charge on any atom is 0.341 e. The van der Waals surface area contributed by atoms with Crippen molar-refractivity contribution in [2.45, 2.75) is 0 Å². The van der Waals surface area contributed by atoms with Gasteiger partial charge >= 0.3 is 5.97 Å². The molecule has 1 aromatic heterocycles. The number of carbonyl (C=O) groups is 1. The molecule has 18 heavy (non-hydrogen) atoms. The molecule has 92 valence electrons. The molecule has 0 aliphatic rings. The second kappa shape index (κ2) is 5.53. The van der Waals surface area contributed by atoms with E-state index in [-0.39, 0.29) is 16.6 Å². The van der Waals surface area contributed by atoms with Gasteiger partial charge in [-0.25, -0.2) is 9.78 Å². The van der Waals surface area contributed by atoms with E-state index in [0.29, 0.717) is 5.75 Å². The van der Waals surface area contributed by atoms with Crippen molar-refractivity contribution >= 4 is 40.2 Å². The van der Waals surface area contributed by atoms with Crippen LogP contribution in [0.1, 0.15) is 10.4 Å². The molecule has 2 rings (SSSR count). The van der Waals surface area contributed by atoms with E-state index in [1.807, 2.05) is 12.1 Å². The van der Waals surface area contributed by atoms with Crippen molar-refractivity contribution in [2.24, 2.45) is 0 Å². The molecule has 1 heterocycles. The van der Waals surface area contributed by atoms with Crippen LogP contribution < -0.4 is 4.74 Å². The Kier molecular flexibility index (Phi) is 4.03. The highest BCUT2D eigenvalue weighted by molar-refractivity contribution is 14.1. The van der Waals surface area contributed by atoms with E-state index in [0.717, 1.165) is 3.57 Å². The number of rotatable bonds is 3. The molecule has 1 aromatic carbocycles. The number of ether oxygens (including phenoxy) is 1.